The molecular formula is C17H15F3N2O2. The highest BCUT2D eigenvalue weighted by atomic mass is 19.4. The number of halogens is 3. The van der Waals surface area contributed by atoms with Gasteiger partial charge in [-0.3, -0.25) is 4.79 Å². The molecule has 2 aromatic rings. The molecule has 4 nitrogen and oxygen atoms in total. The van der Waals surface area contributed by atoms with Gasteiger partial charge in [0.05, 0.1) is 5.56 Å². The molecule has 1 aliphatic carbocycles. The number of nitrogens with zero attached hydrogens (tertiary/aromatic N) is 2. The van der Waals surface area contributed by atoms with E-state index in [0.29, 0.717) is 19.0 Å². The molecule has 126 valence electrons. The first kappa shape index (κ1) is 15.2. The average molecular weight is 336 g/mol. The Morgan fingerprint density at radius 3 is 2.79 bits per heavy atom. The van der Waals surface area contributed by atoms with E-state index < -0.39 is 11.7 Å². The molecule has 24 heavy (non-hydrogen) atoms. The van der Waals surface area contributed by atoms with E-state index in [0.717, 1.165) is 24.8 Å². The number of likely N-dealkylation sites (tertiary alicyclic amines) is 1. The fourth-order valence-electron chi connectivity index (χ4n) is 3.38. The first-order valence-electron chi connectivity index (χ1n) is 7.86. The molecule has 1 saturated carbocycles. The molecule has 0 bridgehead atoms. The summed E-state index contributed by atoms with van der Waals surface area (Å²) >= 11 is 0. The van der Waals surface area contributed by atoms with Gasteiger partial charge in [-0.15, -0.1) is 0 Å². The van der Waals surface area contributed by atoms with Crippen molar-refractivity contribution in [3.05, 3.63) is 41.7 Å². The lowest BCUT2D eigenvalue weighted by molar-refractivity contribution is -0.137. The Morgan fingerprint density at radius 1 is 1.25 bits per heavy atom. The van der Waals surface area contributed by atoms with E-state index in [-0.39, 0.29) is 22.9 Å². The second kappa shape index (κ2) is 5.36. The molecular weight excluding hydrogens is 321 g/mol. The molecule has 0 N–H and O–H groups in total. The van der Waals surface area contributed by atoms with Gasteiger partial charge in [-0.1, -0.05) is 23.4 Å². The Morgan fingerprint density at radius 2 is 2.04 bits per heavy atom. The van der Waals surface area contributed by atoms with Gasteiger partial charge < -0.3 is 9.42 Å². The highest BCUT2D eigenvalue weighted by Gasteiger charge is 2.43. The van der Waals surface area contributed by atoms with Crippen molar-refractivity contribution in [3.63, 3.8) is 0 Å². The highest BCUT2D eigenvalue weighted by molar-refractivity contribution is 5.92. The Hall–Kier alpha value is -2.31. The summed E-state index contributed by atoms with van der Waals surface area (Å²) in [6, 6.07) is 6.43. The van der Waals surface area contributed by atoms with Gasteiger partial charge in [-0.05, 0) is 30.7 Å². The largest absolute Gasteiger partial charge is 0.417 e. The molecule has 2 fully saturated rings. The number of alkyl halides is 3. The van der Waals surface area contributed by atoms with Crippen LogP contribution >= 0.6 is 0 Å². The predicted molar refractivity (Wildman–Crippen MR) is 79.1 cm³/mol. The number of fused-ring (bicyclic) bond motifs is 1. The number of carbonyl (C=O) groups is 1. The van der Waals surface area contributed by atoms with Gasteiger partial charge in [0.2, 0.25) is 5.76 Å². The fourth-order valence-corrected chi connectivity index (χ4v) is 3.38. The molecule has 4 rings (SSSR count). The molecule has 2 aliphatic rings. The van der Waals surface area contributed by atoms with Crippen LogP contribution < -0.4 is 0 Å². The SMILES string of the molecule is O=C(c1cc(-c2ccccc2C(F)(F)F)no1)N1CCC2CC2C1. The van der Waals surface area contributed by atoms with Crippen LogP contribution in [0.25, 0.3) is 11.3 Å². The lowest BCUT2D eigenvalue weighted by atomic mass is 10.0. The molecule has 0 radical (unpaired) electrons. The van der Waals surface area contributed by atoms with Crippen LogP contribution in [-0.2, 0) is 6.18 Å². The Labute approximate surface area is 136 Å². The summed E-state index contributed by atoms with van der Waals surface area (Å²) in [6.07, 6.45) is -2.35. The number of hydrogen-bond donors (Lipinski definition) is 0. The van der Waals surface area contributed by atoms with Crippen LogP contribution in [0, 0.1) is 11.8 Å². The van der Waals surface area contributed by atoms with Crippen molar-refractivity contribution in [1.29, 1.82) is 0 Å². The molecule has 1 aliphatic heterocycles. The zero-order chi connectivity index (χ0) is 16.9. The van der Waals surface area contributed by atoms with Gasteiger partial charge in [0.15, 0.2) is 0 Å². The van der Waals surface area contributed by atoms with Crippen LogP contribution in [0.5, 0.6) is 0 Å². The second-order valence-corrected chi connectivity index (χ2v) is 6.42. The maximum absolute atomic E-state index is 13.1. The van der Waals surface area contributed by atoms with Gasteiger partial charge >= 0.3 is 6.18 Å². The summed E-state index contributed by atoms with van der Waals surface area (Å²) in [7, 11) is 0. The maximum Gasteiger partial charge on any atom is 0.417 e. The van der Waals surface area contributed by atoms with Crippen molar-refractivity contribution in [3.8, 4) is 11.3 Å². The number of benzene rings is 1. The summed E-state index contributed by atoms with van der Waals surface area (Å²) in [5, 5.41) is 3.68. The van der Waals surface area contributed by atoms with Crippen LogP contribution in [0.2, 0.25) is 0 Å². The van der Waals surface area contributed by atoms with E-state index in [4.69, 9.17) is 4.52 Å². The molecule has 1 aromatic carbocycles. The first-order chi connectivity index (χ1) is 11.4. The van der Waals surface area contributed by atoms with E-state index in [1.807, 2.05) is 0 Å². The Bertz CT molecular complexity index is 784. The van der Waals surface area contributed by atoms with E-state index in [9.17, 15) is 18.0 Å². The minimum atomic E-state index is -4.49. The summed E-state index contributed by atoms with van der Waals surface area (Å²) in [6.45, 7) is 1.36. The minimum absolute atomic E-state index is 0.0129. The summed E-state index contributed by atoms with van der Waals surface area (Å²) in [5.41, 5.74) is -0.864. The zero-order valence-electron chi connectivity index (χ0n) is 12.7. The lowest BCUT2D eigenvalue weighted by Gasteiger charge is -2.25. The molecule has 1 amide bonds. The van der Waals surface area contributed by atoms with Gasteiger partial charge in [0.25, 0.3) is 5.91 Å². The van der Waals surface area contributed by atoms with Crippen molar-refractivity contribution in [2.45, 2.75) is 19.0 Å². The molecule has 2 unspecified atom stereocenters. The monoisotopic (exact) mass is 336 g/mol. The smallest absolute Gasteiger partial charge is 0.350 e. The summed E-state index contributed by atoms with van der Waals surface area (Å²) in [5.74, 6) is 0.985. The quantitative estimate of drug-likeness (QED) is 0.837. The van der Waals surface area contributed by atoms with Crippen LogP contribution in [0.3, 0.4) is 0 Å². The number of rotatable bonds is 2. The highest BCUT2D eigenvalue weighted by Crippen LogP contribution is 2.45. The van der Waals surface area contributed by atoms with Crippen LogP contribution in [0.1, 0.15) is 29.0 Å². The van der Waals surface area contributed by atoms with Crippen LogP contribution in [0.15, 0.2) is 34.9 Å². The van der Waals surface area contributed by atoms with Gasteiger partial charge in [-0.2, -0.15) is 13.2 Å². The predicted octanol–water partition coefficient (Wildman–Crippen LogP) is 3.84. The Kier molecular flexibility index (Phi) is 3.40. The number of aromatic nitrogens is 1. The molecule has 1 aromatic heterocycles. The van der Waals surface area contributed by atoms with Crippen molar-refractivity contribution in [2.75, 3.05) is 13.1 Å². The van der Waals surface area contributed by atoms with Crippen molar-refractivity contribution >= 4 is 5.91 Å². The van der Waals surface area contributed by atoms with Gasteiger partial charge in [0, 0.05) is 24.7 Å². The van der Waals surface area contributed by atoms with E-state index in [1.165, 1.54) is 24.3 Å². The number of hydrogen-bond acceptors (Lipinski definition) is 3. The number of carbonyl (C=O) groups excluding carboxylic acids is 1. The Balaban J connectivity index is 1.60. The third-order valence-electron chi connectivity index (χ3n) is 4.81. The van der Waals surface area contributed by atoms with Gasteiger partial charge in [-0.25, -0.2) is 0 Å². The molecule has 1 saturated heterocycles. The summed E-state index contributed by atoms with van der Waals surface area (Å²) in [4.78, 5) is 14.2. The molecule has 0 spiro atoms. The van der Waals surface area contributed by atoms with Crippen molar-refractivity contribution in [1.82, 2.24) is 10.1 Å². The third kappa shape index (κ3) is 2.68. The van der Waals surface area contributed by atoms with E-state index >= 15 is 0 Å². The second-order valence-electron chi connectivity index (χ2n) is 6.42. The van der Waals surface area contributed by atoms with Gasteiger partial charge in [0.1, 0.15) is 5.69 Å². The topological polar surface area (TPSA) is 46.3 Å². The standard InChI is InChI=1S/C17H15F3N2O2/c18-17(19,20)13-4-2-1-3-12(13)14-8-15(24-21-14)16(23)22-6-5-10-7-11(10)9-22/h1-4,8,10-11H,5-7,9H2. The summed E-state index contributed by atoms with van der Waals surface area (Å²) < 4.78 is 44.4. The first-order valence-corrected chi connectivity index (χ1v) is 7.86. The van der Waals surface area contributed by atoms with Crippen molar-refractivity contribution in [2.24, 2.45) is 11.8 Å². The van der Waals surface area contributed by atoms with E-state index in [1.54, 1.807) is 4.90 Å². The fraction of sp³-hybridized carbons (Fsp3) is 0.412. The molecule has 2 atom stereocenters. The lowest BCUT2D eigenvalue weighted by Crippen LogP contribution is -2.36. The molecule has 2 heterocycles. The number of piperidine rings is 1. The third-order valence-corrected chi connectivity index (χ3v) is 4.81. The molecule has 7 heteroatoms. The zero-order valence-corrected chi connectivity index (χ0v) is 12.7. The van der Waals surface area contributed by atoms with Crippen molar-refractivity contribution < 1.29 is 22.5 Å². The maximum atomic E-state index is 13.1. The minimum Gasteiger partial charge on any atom is -0.350 e. The normalized spacial score (nSPS) is 23.0. The van der Waals surface area contributed by atoms with E-state index in [2.05, 4.69) is 5.16 Å². The average Bonchev–Trinajstić information content (AvgIpc) is 3.17. The van der Waals surface area contributed by atoms with Crippen LogP contribution in [-0.4, -0.2) is 29.1 Å². The number of amides is 1. The van der Waals surface area contributed by atoms with Crippen LogP contribution in [0.4, 0.5) is 13.2 Å².